The molecule has 4 rings (SSSR count). The maximum absolute atomic E-state index is 13.1. The molecule has 128 valence electrons. The number of amides is 2. The van der Waals surface area contributed by atoms with Crippen LogP contribution in [0.3, 0.4) is 0 Å². The molecule has 1 N–H and O–H groups in total. The number of hydrogen-bond acceptors (Lipinski definition) is 4. The van der Waals surface area contributed by atoms with Crippen molar-refractivity contribution < 1.29 is 19.1 Å². The molecule has 2 saturated heterocycles. The van der Waals surface area contributed by atoms with Crippen molar-refractivity contribution in [2.75, 3.05) is 11.4 Å². The summed E-state index contributed by atoms with van der Waals surface area (Å²) in [4.78, 5) is 27.1. The van der Waals surface area contributed by atoms with Crippen molar-refractivity contribution >= 4 is 17.5 Å². The van der Waals surface area contributed by atoms with E-state index in [1.165, 1.54) is 11.1 Å². The average Bonchev–Trinajstić information content (AvgIpc) is 3.01. The topological polar surface area (TPSA) is 67.9 Å². The van der Waals surface area contributed by atoms with Gasteiger partial charge in [0, 0.05) is 12.2 Å². The molecular formula is C18H22N2O4. The standard InChI is InChI=1S/C18H22N2O4/c1-10-6-4-8-12-11(10)7-5-9-20(12)17(22)13-14-15(16(21)19-13)24-18(2,3)23-14/h4,6,8,13-15H,5,7,9H2,1-3H3,(H,19,21)/t13-,14-,15-/m0/s1. The predicted octanol–water partition coefficient (Wildman–Crippen LogP) is 1.29. The van der Waals surface area contributed by atoms with Gasteiger partial charge in [-0.15, -0.1) is 0 Å². The minimum atomic E-state index is -0.845. The normalized spacial score (nSPS) is 30.7. The fourth-order valence-electron chi connectivity index (χ4n) is 3.95. The zero-order valence-electron chi connectivity index (χ0n) is 14.2. The molecule has 0 aliphatic carbocycles. The highest BCUT2D eigenvalue weighted by Gasteiger charge is 2.57. The summed E-state index contributed by atoms with van der Waals surface area (Å²) < 4.78 is 11.5. The quantitative estimate of drug-likeness (QED) is 0.843. The first-order valence-corrected chi connectivity index (χ1v) is 8.43. The lowest BCUT2D eigenvalue weighted by Gasteiger charge is -2.33. The van der Waals surface area contributed by atoms with Crippen molar-refractivity contribution in [1.29, 1.82) is 0 Å². The minimum absolute atomic E-state index is 0.122. The Labute approximate surface area is 141 Å². The van der Waals surface area contributed by atoms with Crippen LogP contribution >= 0.6 is 0 Å². The van der Waals surface area contributed by atoms with Crippen molar-refractivity contribution in [3.05, 3.63) is 29.3 Å². The molecule has 0 radical (unpaired) electrons. The molecule has 0 aromatic heterocycles. The van der Waals surface area contributed by atoms with Gasteiger partial charge in [0.2, 0.25) is 0 Å². The summed E-state index contributed by atoms with van der Waals surface area (Å²) in [6.45, 7) is 6.25. The molecule has 3 atom stereocenters. The third-order valence-electron chi connectivity index (χ3n) is 5.03. The van der Waals surface area contributed by atoms with Gasteiger partial charge in [0.15, 0.2) is 11.9 Å². The van der Waals surface area contributed by atoms with Crippen LogP contribution in [0.15, 0.2) is 18.2 Å². The first kappa shape index (κ1) is 15.6. The second-order valence-corrected chi connectivity index (χ2v) is 7.17. The molecule has 0 unspecified atom stereocenters. The van der Waals surface area contributed by atoms with Crippen molar-refractivity contribution in [2.45, 2.75) is 57.6 Å². The number of nitrogens with one attached hydrogen (secondary N) is 1. The van der Waals surface area contributed by atoms with E-state index < -0.39 is 24.0 Å². The zero-order chi connectivity index (χ0) is 17.1. The minimum Gasteiger partial charge on any atom is -0.341 e. The van der Waals surface area contributed by atoms with Crippen LogP contribution in [0.5, 0.6) is 0 Å². The highest BCUT2D eigenvalue weighted by molar-refractivity contribution is 6.03. The fourth-order valence-corrected chi connectivity index (χ4v) is 3.95. The van der Waals surface area contributed by atoms with E-state index in [1.807, 2.05) is 12.1 Å². The Balaban J connectivity index is 1.64. The van der Waals surface area contributed by atoms with Crippen LogP contribution < -0.4 is 10.2 Å². The van der Waals surface area contributed by atoms with E-state index in [9.17, 15) is 9.59 Å². The molecule has 1 aromatic rings. The van der Waals surface area contributed by atoms with E-state index in [4.69, 9.17) is 9.47 Å². The van der Waals surface area contributed by atoms with Crippen LogP contribution in [-0.2, 0) is 25.5 Å². The van der Waals surface area contributed by atoms with Gasteiger partial charge in [-0.3, -0.25) is 9.59 Å². The molecule has 2 amide bonds. The average molecular weight is 330 g/mol. The smallest absolute Gasteiger partial charge is 0.252 e. The second-order valence-electron chi connectivity index (χ2n) is 7.17. The molecule has 2 fully saturated rings. The third kappa shape index (κ3) is 2.32. The summed E-state index contributed by atoms with van der Waals surface area (Å²) in [5.41, 5.74) is 3.35. The Morgan fingerprint density at radius 2 is 2.12 bits per heavy atom. The number of aryl methyl sites for hydroxylation is 1. The van der Waals surface area contributed by atoms with Gasteiger partial charge >= 0.3 is 0 Å². The zero-order valence-corrected chi connectivity index (χ0v) is 14.2. The van der Waals surface area contributed by atoms with Gasteiger partial charge in [-0.05, 0) is 50.8 Å². The number of anilines is 1. The van der Waals surface area contributed by atoms with Crippen LogP contribution in [0.25, 0.3) is 0 Å². The molecule has 0 saturated carbocycles. The Morgan fingerprint density at radius 1 is 1.33 bits per heavy atom. The van der Waals surface area contributed by atoms with Crippen molar-refractivity contribution in [1.82, 2.24) is 5.32 Å². The molecule has 0 spiro atoms. The van der Waals surface area contributed by atoms with Crippen molar-refractivity contribution in [3.8, 4) is 0 Å². The maximum Gasteiger partial charge on any atom is 0.252 e. The van der Waals surface area contributed by atoms with E-state index in [1.54, 1.807) is 18.7 Å². The van der Waals surface area contributed by atoms with E-state index in [0.29, 0.717) is 6.54 Å². The Hall–Kier alpha value is -1.92. The van der Waals surface area contributed by atoms with Gasteiger partial charge in [-0.2, -0.15) is 0 Å². The number of fused-ring (bicyclic) bond motifs is 2. The van der Waals surface area contributed by atoms with Crippen molar-refractivity contribution in [3.63, 3.8) is 0 Å². The molecule has 3 aliphatic rings. The Bertz CT molecular complexity index is 715. The van der Waals surface area contributed by atoms with Crippen LogP contribution in [0.1, 0.15) is 31.4 Å². The van der Waals surface area contributed by atoms with E-state index in [-0.39, 0.29) is 11.8 Å². The van der Waals surface area contributed by atoms with Crippen LogP contribution in [-0.4, -0.2) is 42.4 Å². The number of rotatable bonds is 1. The maximum atomic E-state index is 13.1. The summed E-state index contributed by atoms with van der Waals surface area (Å²) >= 11 is 0. The molecule has 6 nitrogen and oxygen atoms in total. The number of hydrogen-bond donors (Lipinski definition) is 1. The predicted molar refractivity (Wildman–Crippen MR) is 87.6 cm³/mol. The Morgan fingerprint density at radius 3 is 2.92 bits per heavy atom. The highest BCUT2D eigenvalue weighted by atomic mass is 16.8. The molecular weight excluding hydrogens is 308 g/mol. The van der Waals surface area contributed by atoms with Crippen LogP contribution in [0, 0.1) is 6.92 Å². The molecule has 3 heterocycles. The van der Waals surface area contributed by atoms with Gasteiger partial charge in [0.05, 0.1) is 0 Å². The lowest BCUT2D eigenvalue weighted by atomic mass is 9.96. The molecule has 6 heteroatoms. The number of benzene rings is 1. The van der Waals surface area contributed by atoms with Gasteiger partial charge < -0.3 is 19.7 Å². The number of carbonyl (C=O) groups excluding carboxylic acids is 2. The number of nitrogens with zero attached hydrogens (tertiary/aromatic N) is 1. The third-order valence-corrected chi connectivity index (χ3v) is 5.03. The monoisotopic (exact) mass is 330 g/mol. The van der Waals surface area contributed by atoms with Crippen LogP contribution in [0.4, 0.5) is 5.69 Å². The summed E-state index contributed by atoms with van der Waals surface area (Å²) in [6, 6.07) is 5.31. The van der Waals surface area contributed by atoms with Crippen LogP contribution in [0.2, 0.25) is 0 Å². The van der Waals surface area contributed by atoms with Gasteiger partial charge in [-0.25, -0.2) is 0 Å². The SMILES string of the molecule is Cc1cccc2c1CCCN2C(=O)[C@H]1NC(=O)[C@H]2OC(C)(C)O[C@@H]12. The lowest BCUT2D eigenvalue weighted by molar-refractivity contribution is -0.164. The summed E-state index contributed by atoms with van der Waals surface area (Å²) in [6.07, 6.45) is 0.605. The molecule has 24 heavy (non-hydrogen) atoms. The number of carbonyl (C=O) groups is 2. The van der Waals surface area contributed by atoms with E-state index in [2.05, 4.69) is 18.3 Å². The largest absolute Gasteiger partial charge is 0.341 e. The Kier molecular flexibility index (Phi) is 3.44. The lowest BCUT2D eigenvalue weighted by Crippen LogP contribution is -2.51. The van der Waals surface area contributed by atoms with Gasteiger partial charge in [-0.1, -0.05) is 12.1 Å². The van der Waals surface area contributed by atoms with E-state index >= 15 is 0 Å². The molecule has 3 aliphatic heterocycles. The van der Waals surface area contributed by atoms with Gasteiger partial charge in [0.1, 0.15) is 12.1 Å². The summed E-state index contributed by atoms with van der Waals surface area (Å²) in [7, 11) is 0. The fraction of sp³-hybridized carbons (Fsp3) is 0.556. The molecule has 1 aromatic carbocycles. The first-order valence-electron chi connectivity index (χ1n) is 8.43. The number of ether oxygens (including phenoxy) is 2. The summed E-state index contributed by atoms with van der Waals surface area (Å²) in [5.74, 6) is -1.24. The van der Waals surface area contributed by atoms with E-state index in [0.717, 1.165) is 18.5 Å². The highest BCUT2D eigenvalue weighted by Crippen LogP contribution is 2.36. The second kappa shape index (κ2) is 5.29. The van der Waals surface area contributed by atoms with Crippen molar-refractivity contribution in [2.24, 2.45) is 0 Å². The molecule has 0 bridgehead atoms. The first-order chi connectivity index (χ1) is 11.4. The van der Waals surface area contributed by atoms with Gasteiger partial charge in [0.25, 0.3) is 11.8 Å². The summed E-state index contributed by atoms with van der Waals surface area (Å²) in [5, 5.41) is 2.76.